The van der Waals surface area contributed by atoms with Crippen LogP contribution in [0.15, 0.2) is 42.5 Å². The zero-order valence-electron chi connectivity index (χ0n) is 26.7. The van der Waals surface area contributed by atoms with Gasteiger partial charge in [0.2, 0.25) is 11.8 Å². The van der Waals surface area contributed by atoms with Crippen molar-refractivity contribution in [2.24, 2.45) is 5.92 Å². The molecule has 43 heavy (non-hydrogen) atoms. The lowest BCUT2D eigenvalue weighted by molar-refractivity contribution is -0.129. The van der Waals surface area contributed by atoms with E-state index in [-0.39, 0.29) is 24.9 Å². The van der Waals surface area contributed by atoms with Crippen molar-refractivity contribution in [2.45, 2.75) is 92.3 Å². The second-order valence-corrected chi connectivity index (χ2v) is 12.1. The Balaban J connectivity index is 2.12. The van der Waals surface area contributed by atoms with Crippen LogP contribution in [0.1, 0.15) is 70.2 Å². The third kappa shape index (κ3) is 12.8. The molecule has 10 nitrogen and oxygen atoms in total. The van der Waals surface area contributed by atoms with Gasteiger partial charge in [-0.15, -0.1) is 0 Å². The van der Waals surface area contributed by atoms with E-state index in [0.29, 0.717) is 29.0 Å². The molecule has 0 spiro atoms. The van der Waals surface area contributed by atoms with Gasteiger partial charge in [0.25, 0.3) is 0 Å². The van der Waals surface area contributed by atoms with Gasteiger partial charge in [0.1, 0.15) is 23.4 Å². The molecule has 236 valence electrons. The van der Waals surface area contributed by atoms with Crippen molar-refractivity contribution in [3.8, 4) is 5.75 Å². The van der Waals surface area contributed by atoms with Gasteiger partial charge in [0.05, 0.1) is 6.61 Å². The Morgan fingerprint density at radius 3 is 2.19 bits per heavy atom. The quantitative estimate of drug-likeness (QED) is 0.165. The third-order valence-electron chi connectivity index (χ3n) is 6.40. The van der Waals surface area contributed by atoms with E-state index in [9.17, 15) is 19.2 Å². The molecule has 0 heterocycles. The SMILES string of the molecule is Cc1ccc(C[C@H](NC(=O)OC(C)(C)C)C(=O)N[C@H](C)C(=O)NCCCc2ccccc2)c(C)c1OC(=O)OCC(C)C. The molecule has 0 radical (unpaired) electrons. The molecule has 0 saturated carbocycles. The predicted octanol–water partition coefficient (Wildman–Crippen LogP) is 5.16. The van der Waals surface area contributed by atoms with Gasteiger partial charge in [0, 0.05) is 13.0 Å². The molecular weight excluding hydrogens is 550 g/mol. The number of hydrogen-bond acceptors (Lipinski definition) is 7. The number of amides is 3. The Labute approximate surface area is 255 Å². The topological polar surface area (TPSA) is 132 Å². The van der Waals surface area contributed by atoms with Crippen molar-refractivity contribution >= 4 is 24.1 Å². The second-order valence-electron chi connectivity index (χ2n) is 12.1. The summed E-state index contributed by atoms with van der Waals surface area (Å²) in [5, 5.41) is 8.19. The maximum absolute atomic E-state index is 13.4. The highest BCUT2D eigenvalue weighted by Gasteiger charge is 2.28. The number of benzene rings is 2. The van der Waals surface area contributed by atoms with Gasteiger partial charge in [-0.2, -0.15) is 0 Å². The lowest BCUT2D eigenvalue weighted by Gasteiger charge is -2.25. The molecule has 2 atom stereocenters. The number of alkyl carbamates (subject to hydrolysis) is 1. The first-order valence-electron chi connectivity index (χ1n) is 14.7. The van der Waals surface area contributed by atoms with E-state index in [0.717, 1.165) is 12.8 Å². The van der Waals surface area contributed by atoms with Gasteiger partial charge in [0.15, 0.2) is 0 Å². The largest absolute Gasteiger partial charge is 0.513 e. The molecule has 10 heteroatoms. The van der Waals surface area contributed by atoms with E-state index >= 15 is 0 Å². The third-order valence-corrected chi connectivity index (χ3v) is 6.40. The predicted molar refractivity (Wildman–Crippen MR) is 165 cm³/mol. The summed E-state index contributed by atoms with van der Waals surface area (Å²) in [5.74, 6) is -0.417. The maximum atomic E-state index is 13.4. The van der Waals surface area contributed by atoms with Gasteiger partial charge in [-0.05, 0) is 82.6 Å². The van der Waals surface area contributed by atoms with Crippen LogP contribution in [0, 0.1) is 19.8 Å². The van der Waals surface area contributed by atoms with Crippen molar-refractivity contribution in [1.29, 1.82) is 0 Å². The summed E-state index contributed by atoms with van der Waals surface area (Å²) >= 11 is 0. The van der Waals surface area contributed by atoms with Gasteiger partial charge < -0.3 is 30.2 Å². The first-order chi connectivity index (χ1) is 20.2. The normalized spacial score (nSPS) is 12.6. The lowest BCUT2D eigenvalue weighted by Crippen LogP contribution is -2.54. The molecular formula is C33H47N3O7. The van der Waals surface area contributed by atoms with Crippen molar-refractivity contribution in [2.75, 3.05) is 13.2 Å². The van der Waals surface area contributed by atoms with Crippen LogP contribution < -0.4 is 20.7 Å². The fraction of sp³-hybridized carbons (Fsp3) is 0.515. The van der Waals surface area contributed by atoms with Crippen LogP contribution in [-0.2, 0) is 31.9 Å². The Morgan fingerprint density at radius 1 is 0.884 bits per heavy atom. The molecule has 0 unspecified atom stereocenters. The van der Waals surface area contributed by atoms with E-state index in [4.69, 9.17) is 14.2 Å². The van der Waals surface area contributed by atoms with Crippen LogP contribution in [0.3, 0.4) is 0 Å². The molecule has 0 aliphatic rings. The van der Waals surface area contributed by atoms with Crippen molar-refractivity contribution in [3.05, 3.63) is 64.7 Å². The van der Waals surface area contributed by atoms with E-state index in [1.54, 1.807) is 53.7 Å². The van der Waals surface area contributed by atoms with Crippen LogP contribution in [0.5, 0.6) is 5.75 Å². The molecule has 0 saturated heterocycles. The summed E-state index contributed by atoms with van der Waals surface area (Å²) < 4.78 is 16.1. The van der Waals surface area contributed by atoms with E-state index in [1.165, 1.54) is 5.56 Å². The summed E-state index contributed by atoms with van der Waals surface area (Å²) in [6.07, 6.45) is 0.0355. The fourth-order valence-electron chi connectivity index (χ4n) is 4.15. The lowest BCUT2D eigenvalue weighted by atomic mass is 9.97. The highest BCUT2D eigenvalue weighted by Crippen LogP contribution is 2.28. The van der Waals surface area contributed by atoms with Gasteiger partial charge in [-0.3, -0.25) is 9.59 Å². The van der Waals surface area contributed by atoms with Gasteiger partial charge in [-0.1, -0.05) is 56.3 Å². The fourth-order valence-corrected chi connectivity index (χ4v) is 4.15. The van der Waals surface area contributed by atoms with Crippen LogP contribution in [0.4, 0.5) is 9.59 Å². The summed E-state index contributed by atoms with van der Waals surface area (Å²) in [5.41, 5.74) is 2.39. The van der Waals surface area contributed by atoms with Crippen LogP contribution in [-0.4, -0.2) is 54.9 Å². The van der Waals surface area contributed by atoms with Crippen LogP contribution in [0.2, 0.25) is 0 Å². The molecule has 3 amide bonds. The Kier molecular flexibility index (Phi) is 13.5. The standard InChI is InChI=1S/C33H47N3O7/c1-21(2)20-41-32(40)42-28-22(3)16-17-26(23(28)4)19-27(36-31(39)43-33(6,7)8)30(38)35-24(5)29(37)34-18-12-15-25-13-10-9-11-14-25/h9-11,13-14,16-17,21,24,27H,12,15,18-20H2,1-8H3,(H,34,37)(H,35,38)(H,36,39)/t24-,27+/m1/s1. The molecule has 0 aliphatic carbocycles. The van der Waals surface area contributed by atoms with E-state index in [2.05, 4.69) is 16.0 Å². The molecule has 3 N–H and O–H groups in total. The minimum absolute atomic E-state index is 0.0556. The molecule has 0 fully saturated rings. The van der Waals surface area contributed by atoms with E-state index in [1.807, 2.05) is 44.2 Å². The first kappa shape index (κ1) is 35.1. The minimum atomic E-state index is -1.08. The number of carbonyl (C=O) groups is 4. The zero-order valence-corrected chi connectivity index (χ0v) is 26.7. The minimum Gasteiger partial charge on any atom is -0.444 e. The molecule has 2 aromatic carbocycles. The Morgan fingerprint density at radius 2 is 1.56 bits per heavy atom. The smallest absolute Gasteiger partial charge is 0.444 e. The van der Waals surface area contributed by atoms with Crippen molar-refractivity contribution in [3.63, 3.8) is 0 Å². The highest BCUT2D eigenvalue weighted by atomic mass is 16.7. The van der Waals surface area contributed by atoms with Gasteiger partial charge >= 0.3 is 12.2 Å². The van der Waals surface area contributed by atoms with E-state index < -0.39 is 35.8 Å². The second kappa shape index (κ2) is 16.5. The van der Waals surface area contributed by atoms with Crippen molar-refractivity contribution < 1.29 is 33.4 Å². The summed E-state index contributed by atoms with van der Waals surface area (Å²) in [6, 6.07) is 11.6. The summed E-state index contributed by atoms with van der Waals surface area (Å²) in [7, 11) is 0. The summed E-state index contributed by atoms with van der Waals surface area (Å²) in [4.78, 5) is 51.1. The van der Waals surface area contributed by atoms with Crippen molar-refractivity contribution in [1.82, 2.24) is 16.0 Å². The Hall–Kier alpha value is -4.08. The van der Waals surface area contributed by atoms with Gasteiger partial charge in [-0.25, -0.2) is 9.59 Å². The molecule has 0 aromatic heterocycles. The number of rotatable bonds is 13. The summed E-state index contributed by atoms with van der Waals surface area (Å²) in [6.45, 7) is 14.8. The zero-order chi connectivity index (χ0) is 32.2. The molecule has 0 bridgehead atoms. The number of ether oxygens (including phenoxy) is 3. The monoisotopic (exact) mass is 597 g/mol. The maximum Gasteiger partial charge on any atom is 0.513 e. The first-order valence-corrected chi connectivity index (χ1v) is 14.7. The molecule has 0 aliphatic heterocycles. The highest BCUT2D eigenvalue weighted by molar-refractivity contribution is 5.91. The average Bonchev–Trinajstić information content (AvgIpc) is 2.92. The van der Waals surface area contributed by atoms with Crippen LogP contribution in [0.25, 0.3) is 0 Å². The number of hydrogen-bond donors (Lipinski definition) is 3. The number of carbonyl (C=O) groups excluding carboxylic acids is 4. The molecule has 2 rings (SSSR count). The molecule has 2 aromatic rings. The average molecular weight is 598 g/mol. The number of nitrogens with one attached hydrogen (secondary N) is 3. The number of aryl methyl sites for hydroxylation is 2. The Bertz CT molecular complexity index is 1240. The van der Waals surface area contributed by atoms with Crippen LogP contribution >= 0.6 is 0 Å².